The molecule has 0 aliphatic rings. The minimum Gasteiger partial charge on any atom is -0.453 e. The van der Waals surface area contributed by atoms with Crippen LogP contribution in [-0.4, -0.2) is 23.4 Å². The Labute approximate surface area is 224 Å². The average molecular weight is 530 g/mol. The molecular weight excluding hydrogens is 505 g/mol. The lowest BCUT2D eigenvalue weighted by Crippen LogP contribution is -2.19. The van der Waals surface area contributed by atoms with Crippen LogP contribution >= 0.6 is 23.6 Å². The van der Waals surface area contributed by atoms with Crippen molar-refractivity contribution in [2.75, 3.05) is 12.4 Å². The van der Waals surface area contributed by atoms with Crippen LogP contribution in [-0.2, 0) is 11.2 Å². The van der Waals surface area contributed by atoms with Gasteiger partial charge in [-0.1, -0.05) is 72.9 Å². The number of pyridine rings is 1. The number of nitrogens with one attached hydrogen (secondary N) is 2. The van der Waals surface area contributed by atoms with Gasteiger partial charge in [-0.15, -0.1) is 11.3 Å². The number of halogens is 1. The molecule has 8 heteroatoms. The first-order valence-corrected chi connectivity index (χ1v) is 12.7. The Kier molecular flexibility index (Phi) is 8.91. The number of hydrogen-bond donors (Lipinski definition) is 2. The van der Waals surface area contributed by atoms with Crippen LogP contribution in [0.3, 0.4) is 0 Å². The van der Waals surface area contributed by atoms with E-state index in [0.717, 1.165) is 26.2 Å². The van der Waals surface area contributed by atoms with Gasteiger partial charge in [0.15, 0.2) is 11.6 Å². The lowest BCUT2D eigenvalue weighted by molar-refractivity contribution is -0.119. The first-order chi connectivity index (χ1) is 18.1. The third-order valence-electron chi connectivity index (χ3n) is 5.30. The van der Waals surface area contributed by atoms with Crippen molar-refractivity contribution in [2.45, 2.75) is 6.42 Å². The van der Waals surface area contributed by atoms with Crippen LogP contribution < -0.4 is 15.4 Å². The average Bonchev–Trinajstić information content (AvgIpc) is 3.37. The Morgan fingerprint density at radius 2 is 1.73 bits per heavy atom. The zero-order valence-electron chi connectivity index (χ0n) is 20.0. The monoisotopic (exact) mass is 529 g/mol. The number of anilines is 1. The van der Waals surface area contributed by atoms with Gasteiger partial charge in [-0.3, -0.25) is 9.78 Å². The summed E-state index contributed by atoms with van der Waals surface area (Å²) in [6, 6.07) is 28.1. The highest BCUT2D eigenvalue weighted by Crippen LogP contribution is 2.39. The van der Waals surface area contributed by atoms with E-state index in [1.807, 2.05) is 66.7 Å². The molecule has 0 aliphatic carbocycles. The zero-order valence-corrected chi connectivity index (χ0v) is 21.6. The Morgan fingerprint density at radius 3 is 2.41 bits per heavy atom. The second-order valence-electron chi connectivity index (χ2n) is 7.85. The molecule has 1 amide bonds. The highest BCUT2D eigenvalue weighted by Gasteiger charge is 2.13. The van der Waals surface area contributed by atoms with Gasteiger partial charge in [-0.05, 0) is 29.3 Å². The molecule has 0 fully saturated rings. The van der Waals surface area contributed by atoms with Gasteiger partial charge < -0.3 is 15.4 Å². The fraction of sp³-hybridized carbons (Fsp3) is 0.0690. The molecule has 2 heterocycles. The molecule has 186 valence electrons. The summed E-state index contributed by atoms with van der Waals surface area (Å²) in [7, 11) is 1.64. The van der Waals surface area contributed by atoms with Crippen molar-refractivity contribution in [1.29, 1.82) is 0 Å². The molecule has 2 N–H and O–H groups in total. The summed E-state index contributed by atoms with van der Waals surface area (Å²) in [5.41, 5.74) is 4.89. The molecule has 5 aromatic rings. The van der Waals surface area contributed by atoms with Crippen molar-refractivity contribution in [1.82, 2.24) is 10.3 Å². The summed E-state index contributed by atoms with van der Waals surface area (Å²) in [6.45, 7) is 0. The number of hydrogen-bond acceptors (Lipinski definition) is 5. The summed E-state index contributed by atoms with van der Waals surface area (Å²) >= 11 is 6.29. The number of nitrogens with zero attached hydrogens (tertiary/aromatic N) is 1. The molecule has 0 unspecified atom stereocenters. The third kappa shape index (κ3) is 6.97. The topological polar surface area (TPSA) is 63.2 Å². The van der Waals surface area contributed by atoms with Crippen LogP contribution in [0.4, 0.5) is 10.1 Å². The lowest BCUT2D eigenvalue weighted by atomic mass is 10.1. The van der Waals surface area contributed by atoms with E-state index in [0.29, 0.717) is 17.9 Å². The maximum atomic E-state index is 14.3. The third-order valence-corrected chi connectivity index (χ3v) is 6.60. The molecule has 0 aliphatic heterocycles. The normalized spacial score (nSPS) is 10.2. The predicted molar refractivity (Wildman–Crippen MR) is 153 cm³/mol. The number of thiophene rings is 1. The van der Waals surface area contributed by atoms with Gasteiger partial charge in [-0.2, -0.15) is 0 Å². The van der Waals surface area contributed by atoms with Gasteiger partial charge in [0.2, 0.25) is 5.91 Å². The van der Waals surface area contributed by atoms with Crippen molar-refractivity contribution in [3.05, 3.63) is 109 Å². The number of aromatic nitrogens is 1. The number of carbonyl (C=O) groups is 1. The van der Waals surface area contributed by atoms with E-state index in [4.69, 9.17) is 17.0 Å². The van der Waals surface area contributed by atoms with Gasteiger partial charge in [0, 0.05) is 35.9 Å². The van der Waals surface area contributed by atoms with Crippen molar-refractivity contribution in [3.63, 3.8) is 0 Å². The van der Waals surface area contributed by atoms with E-state index >= 15 is 0 Å². The molecule has 0 radical (unpaired) electrons. The Balaban J connectivity index is 0.000000245. The number of ether oxygens (including phenoxy) is 1. The van der Waals surface area contributed by atoms with Crippen LogP contribution in [0.15, 0.2) is 97.2 Å². The molecule has 3 aromatic carbocycles. The molecule has 5 rings (SSSR count). The molecule has 0 saturated carbocycles. The number of likely N-dealkylation sites (N-methyl/N-ethyl adjacent to an activating group) is 1. The Hall–Kier alpha value is -4.14. The van der Waals surface area contributed by atoms with Crippen LogP contribution in [0.2, 0.25) is 0 Å². The highest BCUT2D eigenvalue weighted by molar-refractivity contribution is 7.79. The Morgan fingerprint density at radius 1 is 1.00 bits per heavy atom. The number of benzene rings is 3. The second-order valence-corrected chi connectivity index (χ2v) is 9.13. The van der Waals surface area contributed by atoms with Crippen molar-refractivity contribution < 1.29 is 13.9 Å². The number of rotatable bonds is 7. The fourth-order valence-electron chi connectivity index (χ4n) is 3.47. The van der Waals surface area contributed by atoms with Crippen molar-refractivity contribution >= 4 is 50.9 Å². The van der Waals surface area contributed by atoms with E-state index in [1.54, 1.807) is 42.8 Å². The first-order valence-electron chi connectivity index (χ1n) is 11.4. The molecule has 0 saturated heterocycles. The minimum atomic E-state index is -0.461. The van der Waals surface area contributed by atoms with Crippen LogP contribution in [0.25, 0.3) is 20.7 Å². The number of carbonyl (C=O) groups excluding carboxylic acids is 1. The van der Waals surface area contributed by atoms with E-state index < -0.39 is 5.82 Å². The lowest BCUT2D eigenvalue weighted by Gasteiger charge is -2.08. The molecule has 0 spiro atoms. The maximum absolute atomic E-state index is 14.3. The predicted octanol–water partition coefficient (Wildman–Crippen LogP) is 7.24. The van der Waals surface area contributed by atoms with Gasteiger partial charge in [0.1, 0.15) is 5.75 Å². The summed E-state index contributed by atoms with van der Waals surface area (Å²) in [5, 5.41) is 5.35. The van der Waals surface area contributed by atoms with Crippen LogP contribution in [0.5, 0.6) is 11.5 Å². The smallest absolute Gasteiger partial charge is 0.224 e. The standard InChI is InChI=1S/C20H13FN2OS2.C9H11NO/c21-15-10-14(23-12-25)6-7-17(15)24-18-8-9-22-16-11-19(26-20(16)18)13-4-2-1-3-5-13;1-10-9(11)7-8-5-3-2-4-6-8/h1-12H,(H,23,25);2-6H,7H2,1H3,(H,10,11). The molecule has 0 bridgehead atoms. The Bertz CT molecular complexity index is 1490. The summed E-state index contributed by atoms with van der Waals surface area (Å²) in [6.07, 6.45) is 2.14. The van der Waals surface area contributed by atoms with E-state index in [2.05, 4.69) is 15.6 Å². The molecule has 37 heavy (non-hydrogen) atoms. The fourth-order valence-corrected chi connectivity index (χ4v) is 4.68. The molecule has 5 nitrogen and oxygen atoms in total. The van der Waals surface area contributed by atoms with Gasteiger partial charge >= 0.3 is 0 Å². The number of amides is 1. The molecule has 0 atom stereocenters. The number of thiocarbonyl (C=S) groups is 1. The van der Waals surface area contributed by atoms with Crippen molar-refractivity contribution in [2.24, 2.45) is 0 Å². The largest absolute Gasteiger partial charge is 0.453 e. The summed E-state index contributed by atoms with van der Waals surface area (Å²) < 4.78 is 21.0. The molecular formula is C29H24FN3O2S2. The second kappa shape index (κ2) is 12.7. The van der Waals surface area contributed by atoms with Crippen LogP contribution in [0.1, 0.15) is 5.56 Å². The van der Waals surface area contributed by atoms with Gasteiger partial charge in [0.05, 0.1) is 22.1 Å². The van der Waals surface area contributed by atoms with Gasteiger partial charge in [0.25, 0.3) is 0 Å². The first kappa shape index (κ1) is 25.9. The minimum absolute atomic E-state index is 0.0520. The SMILES string of the molecule is CNC(=O)Cc1ccccc1.Fc1cc(NC=S)ccc1Oc1ccnc2cc(-c3ccccc3)sc12. The maximum Gasteiger partial charge on any atom is 0.224 e. The summed E-state index contributed by atoms with van der Waals surface area (Å²) in [4.78, 5) is 16.4. The summed E-state index contributed by atoms with van der Waals surface area (Å²) in [5.74, 6) is 0.326. The van der Waals surface area contributed by atoms with Crippen molar-refractivity contribution in [3.8, 4) is 21.9 Å². The van der Waals surface area contributed by atoms with Crippen LogP contribution in [0, 0.1) is 5.82 Å². The van der Waals surface area contributed by atoms with E-state index in [9.17, 15) is 9.18 Å². The van der Waals surface area contributed by atoms with Gasteiger partial charge in [-0.25, -0.2) is 4.39 Å². The van der Waals surface area contributed by atoms with E-state index in [-0.39, 0.29) is 11.7 Å². The highest BCUT2D eigenvalue weighted by atomic mass is 32.1. The van der Waals surface area contributed by atoms with E-state index in [1.165, 1.54) is 11.6 Å². The zero-order chi connectivity index (χ0) is 26.0. The number of fused-ring (bicyclic) bond motifs is 1. The molecule has 2 aromatic heterocycles. The quantitative estimate of drug-likeness (QED) is 0.218.